The number of anilines is 3. The van der Waals surface area contributed by atoms with Gasteiger partial charge in [0.2, 0.25) is 0 Å². The Labute approximate surface area is 111 Å². The molecule has 0 amide bonds. The van der Waals surface area contributed by atoms with Crippen molar-refractivity contribution in [1.29, 1.82) is 0 Å². The van der Waals surface area contributed by atoms with Crippen molar-refractivity contribution < 1.29 is 4.42 Å². The molecule has 0 saturated carbocycles. The zero-order chi connectivity index (χ0) is 13.4. The summed E-state index contributed by atoms with van der Waals surface area (Å²) in [4.78, 5) is 6.38. The number of rotatable bonds is 2. The lowest BCUT2D eigenvalue weighted by atomic mass is 10.2. The molecule has 3 aromatic rings. The molecule has 2 N–H and O–H groups in total. The molecule has 0 unspecified atom stereocenters. The molecule has 0 atom stereocenters. The molecule has 0 spiro atoms. The lowest BCUT2D eigenvalue weighted by molar-refractivity contribution is 0.603. The normalized spacial score (nSPS) is 10.8. The van der Waals surface area contributed by atoms with E-state index in [1.54, 1.807) is 0 Å². The highest BCUT2D eigenvalue weighted by Gasteiger charge is 2.12. The van der Waals surface area contributed by atoms with Gasteiger partial charge in [-0.15, -0.1) is 0 Å². The van der Waals surface area contributed by atoms with Crippen LogP contribution in [0.1, 0.15) is 5.56 Å². The monoisotopic (exact) mass is 253 g/mol. The van der Waals surface area contributed by atoms with Crippen molar-refractivity contribution in [2.45, 2.75) is 6.92 Å². The van der Waals surface area contributed by atoms with Gasteiger partial charge in [-0.3, -0.25) is 4.90 Å². The Bertz CT molecular complexity index is 733. The number of oxazole rings is 1. The number of aryl methyl sites for hydroxylation is 1. The maximum atomic E-state index is 5.74. The van der Waals surface area contributed by atoms with Crippen LogP contribution in [0.4, 0.5) is 17.4 Å². The standard InChI is InChI=1S/C15H15N3O/c1-10-4-3-5-12(8-10)18(2)15-17-13-9-11(16)6-7-14(13)19-15/h3-9H,16H2,1-2H3. The van der Waals surface area contributed by atoms with E-state index < -0.39 is 0 Å². The summed E-state index contributed by atoms with van der Waals surface area (Å²) >= 11 is 0. The van der Waals surface area contributed by atoms with Gasteiger partial charge in [0, 0.05) is 18.4 Å². The molecule has 0 aliphatic carbocycles. The number of nitrogen functional groups attached to an aromatic ring is 1. The minimum atomic E-state index is 0.561. The topological polar surface area (TPSA) is 55.3 Å². The zero-order valence-electron chi connectivity index (χ0n) is 10.9. The van der Waals surface area contributed by atoms with Gasteiger partial charge in [-0.1, -0.05) is 12.1 Å². The van der Waals surface area contributed by atoms with Crippen molar-refractivity contribution in [2.75, 3.05) is 17.7 Å². The highest BCUT2D eigenvalue weighted by atomic mass is 16.4. The largest absolute Gasteiger partial charge is 0.423 e. The molecule has 19 heavy (non-hydrogen) atoms. The third-order valence-electron chi connectivity index (χ3n) is 3.08. The molecule has 0 saturated heterocycles. The van der Waals surface area contributed by atoms with E-state index in [-0.39, 0.29) is 0 Å². The zero-order valence-corrected chi connectivity index (χ0v) is 10.9. The summed E-state index contributed by atoms with van der Waals surface area (Å²) in [5.41, 5.74) is 10.2. The third-order valence-corrected chi connectivity index (χ3v) is 3.08. The van der Waals surface area contributed by atoms with Crippen LogP contribution in [0.2, 0.25) is 0 Å². The van der Waals surface area contributed by atoms with Crippen LogP contribution in [0.25, 0.3) is 11.1 Å². The smallest absolute Gasteiger partial charge is 0.302 e. The Morgan fingerprint density at radius 1 is 1.16 bits per heavy atom. The lowest BCUT2D eigenvalue weighted by Crippen LogP contribution is -2.09. The second-order valence-corrected chi connectivity index (χ2v) is 4.62. The second-order valence-electron chi connectivity index (χ2n) is 4.62. The van der Waals surface area contributed by atoms with Gasteiger partial charge >= 0.3 is 6.01 Å². The van der Waals surface area contributed by atoms with Gasteiger partial charge in [0.25, 0.3) is 0 Å². The summed E-state index contributed by atoms with van der Waals surface area (Å²) in [5.74, 6) is 0. The first-order valence-electron chi connectivity index (χ1n) is 6.10. The number of nitrogens with two attached hydrogens (primary N) is 1. The van der Waals surface area contributed by atoms with Crippen LogP contribution in [0.3, 0.4) is 0 Å². The van der Waals surface area contributed by atoms with Crippen LogP contribution in [-0.4, -0.2) is 12.0 Å². The number of hydrogen-bond acceptors (Lipinski definition) is 4. The van der Waals surface area contributed by atoms with E-state index >= 15 is 0 Å². The van der Waals surface area contributed by atoms with Gasteiger partial charge in [0.15, 0.2) is 5.58 Å². The number of fused-ring (bicyclic) bond motifs is 1. The van der Waals surface area contributed by atoms with Gasteiger partial charge in [-0.25, -0.2) is 0 Å². The Morgan fingerprint density at radius 3 is 2.79 bits per heavy atom. The van der Waals surface area contributed by atoms with E-state index in [0.717, 1.165) is 16.8 Å². The Kier molecular flexibility index (Phi) is 2.63. The van der Waals surface area contributed by atoms with Crippen LogP contribution in [-0.2, 0) is 0 Å². The SMILES string of the molecule is Cc1cccc(N(C)c2nc3cc(N)ccc3o2)c1. The van der Waals surface area contributed by atoms with Crippen LogP contribution in [0, 0.1) is 6.92 Å². The van der Waals surface area contributed by atoms with Crippen LogP contribution >= 0.6 is 0 Å². The summed E-state index contributed by atoms with van der Waals surface area (Å²) in [5, 5.41) is 0. The van der Waals surface area contributed by atoms with Gasteiger partial charge in [-0.2, -0.15) is 4.98 Å². The predicted octanol–water partition coefficient (Wildman–Crippen LogP) is 3.49. The molecule has 3 rings (SSSR count). The predicted molar refractivity (Wildman–Crippen MR) is 77.7 cm³/mol. The molecule has 0 bridgehead atoms. The molecular formula is C15H15N3O. The van der Waals surface area contributed by atoms with E-state index in [1.807, 2.05) is 42.3 Å². The third kappa shape index (κ3) is 2.12. The average Bonchev–Trinajstić information content (AvgIpc) is 2.80. The fraction of sp³-hybridized carbons (Fsp3) is 0.133. The Hall–Kier alpha value is -2.49. The van der Waals surface area contributed by atoms with Crippen LogP contribution < -0.4 is 10.6 Å². The molecule has 0 aliphatic heterocycles. The summed E-state index contributed by atoms with van der Waals surface area (Å²) < 4.78 is 5.74. The molecule has 0 aliphatic rings. The molecule has 1 heterocycles. The molecule has 0 radical (unpaired) electrons. The van der Waals surface area contributed by atoms with Crippen molar-refractivity contribution in [3.8, 4) is 0 Å². The average molecular weight is 253 g/mol. The van der Waals surface area contributed by atoms with Crippen molar-refractivity contribution in [3.63, 3.8) is 0 Å². The second kappa shape index (κ2) is 4.31. The fourth-order valence-electron chi connectivity index (χ4n) is 2.02. The Balaban J connectivity index is 2.04. The number of benzene rings is 2. The van der Waals surface area contributed by atoms with Gasteiger partial charge in [-0.05, 0) is 42.8 Å². The maximum Gasteiger partial charge on any atom is 0.302 e. The Morgan fingerprint density at radius 2 is 2.00 bits per heavy atom. The van der Waals surface area contributed by atoms with Crippen molar-refractivity contribution in [2.24, 2.45) is 0 Å². The first-order valence-corrected chi connectivity index (χ1v) is 6.10. The van der Waals surface area contributed by atoms with Crippen molar-refractivity contribution >= 4 is 28.5 Å². The molecular weight excluding hydrogens is 238 g/mol. The summed E-state index contributed by atoms with van der Waals surface area (Å²) in [6.07, 6.45) is 0. The maximum absolute atomic E-state index is 5.74. The quantitative estimate of drug-likeness (QED) is 0.710. The number of aromatic nitrogens is 1. The number of hydrogen-bond donors (Lipinski definition) is 1. The summed E-state index contributed by atoms with van der Waals surface area (Å²) in [6.45, 7) is 2.06. The van der Waals surface area contributed by atoms with E-state index in [2.05, 4.69) is 24.0 Å². The highest BCUT2D eigenvalue weighted by Crippen LogP contribution is 2.28. The number of nitrogens with zero attached hydrogens (tertiary/aromatic N) is 2. The molecule has 1 aromatic heterocycles. The summed E-state index contributed by atoms with van der Waals surface area (Å²) in [6, 6.07) is 14.2. The van der Waals surface area contributed by atoms with E-state index in [1.165, 1.54) is 5.56 Å². The van der Waals surface area contributed by atoms with Gasteiger partial charge < -0.3 is 10.2 Å². The first kappa shape index (κ1) is 11.6. The fourth-order valence-corrected chi connectivity index (χ4v) is 2.02. The summed E-state index contributed by atoms with van der Waals surface area (Å²) in [7, 11) is 1.93. The minimum absolute atomic E-state index is 0.561. The first-order chi connectivity index (χ1) is 9.13. The van der Waals surface area contributed by atoms with Crippen LogP contribution in [0.15, 0.2) is 46.9 Å². The molecule has 4 heteroatoms. The van der Waals surface area contributed by atoms with E-state index in [9.17, 15) is 0 Å². The molecule has 96 valence electrons. The molecule has 4 nitrogen and oxygen atoms in total. The van der Waals surface area contributed by atoms with Crippen molar-refractivity contribution in [1.82, 2.24) is 4.98 Å². The van der Waals surface area contributed by atoms with Crippen LogP contribution in [0.5, 0.6) is 0 Å². The van der Waals surface area contributed by atoms with Gasteiger partial charge in [0.1, 0.15) is 5.52 Å². The molecule has 0 fully saturated rings. The van der Waals surface area contributed by atoms with E-state index in [0.29, 0.717) is 11.7 Å². The molecule has 2 aromatic carbocycles. The van der Waals surface area contributed by atoms with Crippen molar-refractivity contribution in [3.05, 3.63) is 48.0 Å². The highest BCUT2D eigenvalue weighted by molar-refractivity contribution is 5.79. The van der Waals surface area contributed by atoms with Gasteiger partial charge in [0.05, 0.1) is 0 Å². The lowest BCUT2D eigenvalue weighted by Gasteiger charge is -2.14. The van der Waals surface area contributed by atoms with E-state index in [4.69, 9.17) is 10.2 Å². The minimum Gasteiger partial charge on any atom is -0.423 e.